The summed E-state index contributed by atoms with van der Waals surface area (Å²) in [5.41, 5.74) is 1.38. The Hall–Kier alpha value is -2.29. The molecule has 2 aromatic rings. The number of morpholine rings is 1. The lowest BCUT2D eigenvalue weighted by Crippen LogP contribution is -2.40. The van der Waals surface area contributed by atoms with E-state index >= 15 is 0 Å². The number of hydrogen-bond donors (Lipinski definition) is 0. The second kappa shape index (κ2) is 8.45. The van der Waals surface area contributed by atoms with E-state index in [1.807, 2.05) is 12.1 Å². The Bertz CT molecular complexity index is 1020. The Kier molecular flexibility index (Phi) is 6.31. The van der Waals surface area contributed by atoms with Gasteiger partial charge in [-0.15, -0.1) is 0 Å². The summed E-state index contributed by atoms with van der Waals surface area (Å²) in [6, 6.07) is 10.8. The van der Waals surface area contributed by atoms with Crippen LogP contribution in [-0.4, -0.2) is 52.0 Å². The molecule has 3 rings (SSSR count). The molecular formula is C22H27FN2O4S. The summed E-state index contributed by atoms with van der Waals surface area (Å²) in [4.78, 5) is 14.2. The van der Waals surface area contributed by atoms with Crippen LogP contribution in [0, 0.1) is 5.82 Å². The normalized spacial score (nSPS) is 15.8. The molecule has 1 aliphatic rings. The lowest BCUT2D eigenvalue weighted by molar-refractivity contribution is 0.0730. The average Bonchev–Trinajstić information content (AvgIpc) is 2.73. The van der Waals surface area contributed by atoms with Crippen LogP contribution in [0.4, 0.5) is 10.1 Å². The first-order chi connectivity index (χ1) is 14.0. The molecule has 1 heterocycles. The molecule has 0 aliphatic carbocycles. The smallest absolute Gasteiger partial charge is 0.261 e. The Morgan fingerprint density at radius 1 is 1.07 bits per heavy atom. The Morgan fingerprint density at radius 3 is 2.23 bits per heavy atom. The average molecular weight is 435 g/mol. The van der Waals surface area contributed by atoms with Crippen LogP contribution in [0.1, 0.15) is 36.7 Å². The zero-order valence-corrected chi connectivity index (χ0v) is 18.5. The molecule has 1 aliphatic heterocycles. The third kappa shape index (κ3) is 4.55. The molecule has 0 radical (unpaired) electrons. The maximum Gasteiger partial charge on any atom is 0.261 e. The number of carbonyl (C=O) groups is 1. The fourth-order valence-electron chi connectivity index (χ4n) is 3.25. The van der Waals surface area contributed by atoms with Crippen LogP contribution in [-0.2, 0) is 20.2 Å². The number of carbonyl (C=O) groups excluding carboxylic acids is 1. The number of sulfonamides is 1. The van der Waals surface area contributed by atoms with Crippen LogP contribution in [0.15, 0.2) is 47.4 Å². The van der Waals surface area contributed by atoms with Crippen molar-refractivity contribution in [2.75, 3.05) is 38.3 Å². The zero-order valence-electron chi connectivity index (χ0n) is 17.7. The van der Waals surface area contributed by atoms with Gasteiger partial charge in [0.15, 0.2) is 0 Å². The molecular weight excluding hydrogens is 407 g/mol. The van der Waals surface area contributed by atoms with Crippen molar-refractivity contribution in [1.82, 2.24) is 4.31 Å². The molecule has 0 bridgehead atoms. The summed E-state index contributed by atoms with van der Waals surface area (Å²) < 4.78 is 46.7. The maximum absolute atomic E-state index is 14.5. The van der Waals surface area contributed by atoms with Crippen LogP contribution in [0.3, 0.4) is 0 Å². The standard InChI is InChI=1S/C22H27FN2O4S/c1-22(2,3)16-5-7-17(8-6-16)24(4)21(26)19-15-18(9-10-20(19)23)30(27,28)25-11-13-29-14-12-25/h5-10,15H,11-14H2,1-4H3. The zero-order chi connectivity index (χ0) is 22.1. The van der Waals surface area contributed by atoms with Gasteiger partial charge in [-0.1, -0.05) is 32.9 Å². The number of rotatable bonds is 4. The van der Waals surface area contributed by atoms with Crippen molar-refractivity contribution in [3.63, 3.8) is 0 Å². The first kappa shape index (κ1) is 22.4. The molecule has 8 heteroatoms. The first-order valence-electron chi connectivity index (χ1n) is 9.78. The van der Waals surface area contributed by atoms with Gasteiger partial charge in [-0.2, -0.15) is 4.31 Å². The number of ether oxygens (including phenoxy) is 1. The largest absolute Gasteiger partial charge is 0.379 e. The summed E-state index contributed by atoms with van der Waals surface area (Å²) in [6.45, 7) is 7.33. The van der Waals surface area contributed by atoms with Crippen LogP contribution in [0.5, 0.6) is 0 Å². The number of amides is 1. The first-order valence-corrected chi connectivity index (χ1v) is 11.2. The highest BCUT2D eigenvalue weighted by Gasteiger charge is 2.28. The number of benzene rings is 2. The Labute approximate surface area is 177 Å². The molecule has 0 unspecified atom stereocenters. The summed E-state index contributed by atoms with van der Waals surface area (Å²) in [7, 11) is -2.29. The summed E-state index contributed by atoms with van der Waals surface area (Å²) in [5, 5.41) is 0. The number of hydrogen-bond acceptors (Lipinski definition) is 4. The van der Waals surface area contributed by atoms with Gasteiger partial charge >= 0.3 is 0 Å². The van der Waals surface area contributed by atoms with Crippen LogP contribution >= 0.6 is 0 Å². The molecule has 162 valence electrons. The van der Waals surface area contributed by atoms with Crippen molar-refractivity contribution in [3.05, 3.63) is 59.4 Å². The van der Waals surface area contributed by atoms with E-state index < -0.39 is 21.7 Å². The fraction of sp³-hybridized carbons (Fsp3) is 0.409. The second-order valence-electron chi connectivity index (χ2n) is 8.32. The molecule has 0 saturated carbocycles. The van der Waals surface area contributed by atoms with Gasteiger partial charge in [0.05, 0.1) is 23.7 Å². The van der Waals surface area contributed by atoms with Gasteiger partial charge in [-0.3, -0.25) is 4.79 Å². The summed E-state index contributed by atoms with van der Waals surface area (Å²) >= 11 is 0. The molecule has 0 spiro atoms. The van der Waals surface area contributed by atoms with Gasteiger partial charge < -0.3 is 9.64 Å². The predicted octanol–water partition coefficient (Wildman–Crippen LogP) is 3.42. The van der Waals surface area contributed by atoms with E-state index in [1.54, 1.807) is 12.1 Å². The minimum absolute atomic E-state index is 0.0323. The van der Waals surface area contributed by atoms with Crippen LogP contribution in [0.25, 0.3) is 0 Å². The summed E-state index contributed by atoms with van der Waals surface area (Å²) in [6.07, 6.45) is 0. The molecule has 0 N–H and O–H groups in total. The minimum atomic E-state index is -3.83. The maximum atomic E-state index is 14.5. The third-order valence-electron chi connectivity index (χ3n) is 5.20. The molecule has 30 heavy (non-hydrogen) atoms. The molecule has 2 aromatic carbocycles. The number of anilines is 1. The molecule has 0 atom stereocenters. The van der Waals surface area contributed by atoms with Crippen molar-refractivity contribution in [2.45, 2.75) is 31.1 Å². The fourth-order valence-corrected chi connectivity index (χ4v) is 4.68. The van der Waals surface area contributed by atoms with E-state index in [4.69, 9.17) is 4.74 Å². The van der Waals surface area contributed by atoms with Gasteiger partial charge in [-0.05, 0) is 41.3 Å². The second-order valence-corrected chi connectivity index (χ2v) is 10.3. The summed E-state index contributed by atoms with van der Waals surface area (Å²) in [5.74, 6) is -1.38. The topological polar surface area (TPSA) is 66.9 Å². The minimum Gasteiger partial charge on any atom is -0.379 e. The molecule has 0 aromatic heterocycles. The van der Waals surface area contributed by atoms with Gasteiger partial charge in [0, 0.05) is 25.8 Å². The van der Waals surface area contributed by atoms with Gasteiger partial charge in [0.1, 0.15) is 5.82 Å². The van der Waals surface area contributed by atoms with Crippen molar-refractivity contribution < 1.29 is 22.3 Å². The lowest BCUT2D eigenvalue weighted by Gasteiger charge is -2.26. The van der Waals surface area contributed by atoms with E-state index in [0.717, 1.165) is 17.7 Å². The molecule has 1 amide bonds. The highest BCUT2D eigenvalue weighted by Crippen LogP contribution is 2.26. The van der Waals surface area contributed by atoms with E-state index in [0.29, 0.717) is 18.9 Å². The SMILES string of the molecule is CN(C(=O)c1cc(S(=O)(=O)N2CCOCC2)ccc1F)c1ccc(C(C)(C)C)cc1. The lowest BCUT2D eigenvalue weighted by atomic mass is 9.87. The van der Waals surface area contributed by atoms with Crippen molar-refractivity contribution >= 4 is 21.6 Å². The monoisotopic (exact) mass is 434 g/mol. The third-order valence-corrected chi connectivity index (χ3v) is 7.10. The van der Waals surface area contributed by atoms with Gasteiger partial charge in [0.25, 0.3) is 5.91 Å². The van der Waals surface area contributed by atoms with E-state index in [9.17, 15) is 17.6 Å². The van der Waals surface area contributed by atoms with E-state index in [1.165, 1.54) is 22.3 Å². The Morgan fingerprint density at radius 2 is 1.67 bits per heavy atom. The number of nitrogens with zero attached hydrogens (tertiary/aromatic N) is 2. The highest BCUT2D eigenvalue weighted by atomic mass is 32.2. The van der Waals surface area contributed by atoms with E-state index in [-0.39, 0.29) is 29.0 Å². The van der Waals surface area contributed by atoms with Crippen molar-refractivity contribution in [1.29, 1.82) is 0 Å². The molecule has 6 nitrogen and oxygen atoms in total. The van der Waals surface area contributed by atoms with Crippen LogP contribution < -0.4 is 4.90 Å². The van der Waals surface area contributed by atoms with Gasteiger partial charge in [0.2, 0.25) is 10.0 Å². The number of halogens is 1. The molecule has 1 saturated heterocycles. The van der Waals surface area contributed by atoms with Gasteiger partial charge in [-0.25, -0.2) is 12.8 Å². The quantitative estimate of drug-likeness (QED) is 0.740. The van der Waals surface area contributed by atoms with E-state index in [2.05, 4.69) is 20.8 Å². The van der Waals surface area contributed by atoms with Crippen molar-refractivity contribution in [2.24, 2.45) is 0 Å². The van der Waals surface area contributed by atoms with Crippen LogP contribution in [0.2, 0.25) is 0 Å². The predicted molar refractivity (Wildman–Crippen MR) is 114 cm³/mol. The highest BCUT2D eigenvalue weighted by molar-refractivity contribution is 7.89. The molecule has 1 fully saturated rings. The van der Waals surface area contributed by atoms with Crippen molar-refractivity contribution in [3.8, 4) is 0 Å². The Balaban J connectivity index is 1.89.